The van der Waals surface area contributed by atoms with Gasteiger partial charge in [0.2, 0.25) is 5.91 Å². The minimum atomic E-state index is -0.616. The molecule has 0 unspecified atom stereocenters. The van der Waals surface area contributed by atoms with E-state index in [1.807, 2.05) is 0 Å². The number of fused-ring (bicyclic) bond motifs is 1. The number of hydrogen-bond donors (Lipinski definition) is 2. The number of halogens is 2. The molecule has 0 saturated heterocycles. The van der Waals surface area contributed by atoms with Gasteiger partial charge in [0, 0.05) is 27.2 Å². The number of carbonyl (C=O) groups is 1. The lowest BCUT2D eigenvalue weighted by molar-refractivity contribution is -0.115. The second-order valence-corrected chi connectivity index (χ2v) is 6.43. The fraction of sp³-hybridized carbons (Fsp3) is 0.111. The predicted octanol–water partition coefficient (Wildman–Crippen LogP) is 4.30. The number of aryl methyl sites for hydroxylation is 1. The Labute approximate surface area is 152 Å². The van der Waals surface area contributed by atoms with E-state index in [1.165, 1.54) is 12.1 Å². The summed E-state index contributed by atoms with van der Waals surface area (Å²) < 4.78 is 5.21. The summed E-state index contributed by atoms with van der Waals surface area (Å²) in [6.07, 6.45) is -0.158. The number of amides is 1. The van der Waals surface area contributed by atoms with Crippen molar-refractivity contribution in [2.45, 2.75) is 13.3 Å². The van der Waals surface area contributed by atoms with Crippen molar-refractivity contribution in [2.24, 2.45) is 0 Å². The van der Waals surface area contributed by atoms with Crippen molar-refractivity contribution < 1.29 is 14.3 Å². The molecule has 3 aromatic rings. The number of benzene rings is 2. The molecule has 1 amide bonds. The Morgan fingerprint density at radius 3 is 2.52 bits per heavy atom. The quantitative estimate of drug-likeness (QED) is 0.667. The van der Waals surface area contributed by atoms with E-state index in [0.29, 0.717) is 26.7 Å². The van der Waals surface area contributed by atoms with Gasteiger partial charge in [0.15, 0.2) is 0 Å². The lowest BCUT2D eigenvalue weighted by Gasteiger charge is -2.09. The number of nitrogens with one attached hydrogen (secondary N) is 1. The molecule has 7 heteroatoms. The van der Waals surface area contributed by atoms with Crippen molar-refractivity contribution in [3.05, 3.63) is 68.0 Å². The van der Waals surface area contributed by atoms with Crippen LogP contribution in [0.1, 0.15) is 11.1 Å². The zero-order valence-electron chi connectivity index (χ0n) is 13.1. The molecule has 0 radical (unpaired) electrons. The van der Waals surface area contributed by atoms with E-state index in [0.717, 1.165) is 0 Å². The van der Waals surface area contributed by atoms with E-state index in [2.05, 4.69) is 5.32 Å². The van der Waals surface area contributed by atoms with Crippen LogP contribution in [0.15, 0.2) is 45.6 Å². The summed E-state index contributed by atoms with van der Waals surface area (Å²) in [4.78, 5) is 24.5. The molecule has 0 atom stereocenters. The number of rotatable bonds is 3. The van der Waals surface area contributed by atoms with Crippen LogP contribution in [0, 0.1) is 6.92 Å². The average Bonchev–Trinajstić information content (AvgIpc) is 2.50. The molecule has 0 aliphatic carbocycles. The third-order valence-electron chi connectivity index (χ3n) is 3.75. The van der Waals surface area contributed by atoms with Crippen molar-refractivity contribution in [1.29, 1.82) is 0 Å². The topological polar surface area (TPSA) is 79.5 Å². The number of aromatic hydroxyl groups is 1. The molecule has 0 aliphatic rings. The Balaban J connectivity index is 1.90. The molecule has 0 aliphatic heterocycles. The van der Waals surface area contributed by atoms with Gasteiger partial charge in [0.1, 0.15) is 11.3 Å². The number of carbonyl (C=O) groups excluding carboxylic acids is 1. The predicted molar refractivity (Wildman–Crippen MR) is 97.7 cm³/mol. The molecule has 0 bridgehead atoms. The molecule has 5 nitrogen and oxygen atoms in total. The fourth-order valence-electron chi connectivity index (χ4n) is 2.58. The standard InChI is InChI=1S/C18H13Cl2NO4/c1-9-14-3-2-13(22)7-16(14)25-18(24)15(9)8-17(23)21-12-5-10(19)4-11(20)6-12/h2-7,22H,8H2,1H3,(H,21,23). The molecular weight excluding hydrogens is 365 g/mol. The third kappa shape index (κ3) is 3.78. The van der Waals surface area contributed by atoms with Crippen LogP contribution < -0.4 is 10.9 Å². The molecule has 0 fully saturated rings. The number of phenolic OH excluding ortho intramolecular Hbond substituents is 1. The SMILES string of the molecule is Cc1c(CC(=O)Nc2cc(Cl)cc(Cl)c2)c(=O)oc2cc(O)ccc12. The molecule has 128 valence electrons. The summed E-state index contributed by atoms with van der Waals surface area (Å²) in [5.74, 6) is -0.398. The minimum Gasteiger partial charge on any atom is -0.508 e. The summed E-state index contributed by atoms with van der Waals surface area (Å²) >= 11 is 11.8. The van der Waals surface area contributed by atoms with Crippen molar-refractivity contribution in [3.8, 4) is 5.75 Å². The lowest BCUT2D eigenvalue weighted by atomic mass is 10.0. The first-order valence-corrected chi connectivity index (χ1v) is 8.10. The second-order valence-electron chi connectivity index (χ2n) is 5.56. The van der Waals surface area contributed by atoms with Crippen LogP contribution in [0.2, 0.25) is 10.0 Å². The molecule has 0 spiro atoms. The molecular formula is C18H13Cl2NO4. The Bertz CT molecular complexity index is 1020. The van der Waals surface area contributed by atoms with Crippen LogP contribution in [-0.2, 0) is 11.2 Å². The van der Waals surface area contributed by atoms with Crippen LogP contribution in [0.25, 0.3) is 11.0 Å². The van der Waals surface area contributed by atoms with Gasteiger partial charge < -0.3 is 14.8 Å². The second kappa shape index (κ2) is 6.78. The van der Waals surface area contributed by atoms with Crippen molar-refractivity contribution in [3.63, 3.8) is 0 Å². The number of phenols is 1. The summed E-state index contributed by atoms with van der Waals surface area (Å²) in [6, 6.07) is 9.17. The smallest absolute Gasteiger partial charge is 0.340 e. The van der Waals surface area contributed by atoms with Gasteiger partial charge in [-0.05, 0) is 42.8 Å². The van der Waals surface area contributed by atoms with Gasteiger partial charge in [-0.2, -0.15) is 0 Å². The van der Waals surface area contributed by atoms with Gasteiger partial charge in [0.05, 0.1) is 12.0 Å². The van der Waals surface area contributed by atoms with Gasteiger partial charge in [-0.15, -0.1) is 0 Å². The van der Waals surface area contributed by atoms with E-state index in [1.54, 1.807) is 31.2 Å². The average molecular weight is 378 g/mol. The summed E-state index contributed by atoms with van der Waals surface area (Å²) in [7, 11) is 0. The Morgan fingerprint density at radius 1 is 1.16 bits per heavy atom. The van der Waals surface area contributed by atoms with E-state index in [-0.39, 0.29) is 23.3 Å². The zero-order valence-corrected chi connectivity index (χ0v) is 14.6. The Hall–Kier alpha value is -2.50. The first kappa shape index (κ1) is 17.3. The largest absolute Gasteiger partial charge is 0.508 e. The highest BCUT2D eigenvalue weighted by Crippen LogP contribution is 2.25. The lowest BCUT2D eigenvalue weighted by Crippen LogP contribution is -2.20. The van der Waals surface area contributed by atoms with E-state index >= 15 is 0 Å². The first-order chi connectivity index (χ1) is 11.8. The fourth-order valence-corrected chi connectivity index (χ4v) is 3.10. The van der Waals surface area contributed by atoms with E-state index in [4.69, 9.17) is 27.6 Å². The number of hydrogen-bond acceptors (Lipinski definition) is 4. The molecule has 2 N–H and O–H groups in total. The molecule has 0 saturated carbocycles. The maximum Gasteiger partial charge on any atom is 0.340 e. The van der Waals surface area contributed by atoms with E-state index < -0.39 is 11.5 Å². The Kier molecular flexibility index (Phi) is 4.70. The molecule has 25 heavy (non-hydrogen) atoms. The third-order valence-corrected chi connectivity index (χ3v) is 4.19. The van der Waals surface area contributed by atoms with Gasteiger partial charge in [0.25, 0.3) is 0 Å². The maximum atomic E-state index is 12.3. The first-order valence-electron chi connectivity index (χ1n) is 7.35. The van der Waals surface area contributed by atoms with Crippen LogP contribution >= 0.6 is 23.2 Å². The minimum absolute atomic E-state index is 0.00150. The van der Waals surface area contributed by atoms with Crippen LogP contribution in [0.3, 0.4) is 0 Å². The van der Waals surface area contributed by atoms with E-state index in [9.17, 15) is 14.7 Å². The summed E-state index contributed by atoms with van der Waals surface area (Å²) in [5.41, 5.74) is 0.979. The molecule has 3 rings (SSSR count). The summed E-state index contributed by atoms with van der Waals surface area (Å²) in [6.45, 7) is 1.73. The Morgan fingerprint density at radius 2 is 1.84 bits per heavy atom. The molecule has 1 aromatic heterocycles. The van der Waals surface area contributed by atoms with Crippen molar-refractivity contribution >= 4 is 45.8 Å². The highest BCUT2D eigenvalue weighted by Gasteiger charge is 2.15. The normalized spacial score (nSPS) is 10.8. The van der Waals surface area contributed by atoms with Crippen LogP contribution in [0.4, 0.5) is 5.69 Å². The van der Waals surface area contributed by atoms with Gasteiger partial charge in [-0.3, -0.25) is 4.79 Å². The summed E-state index contributed by atoms with van der Waals surface area (Å²) in [5, 5.41) is 13.6. The molecule has 1 heterocycles. The van der Waals surface area contributed by atoms with Crippen LogP contribution in [0.5, 0.6) is 5.75 Å². The van der Waals surface area contributed by atoms with Gasteiger partial charge in [-0.25, -0.2) is 4.79 Å². The van der Waals surface area contributed by atoms with Crippen molar-refractivity contribution in [1.82, 2.24) is 0 Å². The molecule has 2 aromatic carbocycles. The van der Waals surface area contributed by atoms with Gasteiger partial charge >= 0.3 is 5.63 Å². The monoisotopic (exact) mass is 377 g/mol. The zero-order chi connectivity index (χ0) is 18.1. The maximum absolute atomic E-state index is 12.3. The van der Waals surface area contributed by atoms with Gasteiger partial charge in [-0.1, -0.05) is 23.2 Å². The highest BCUT2D eigenvalue weighted by molar-refractivity contribution is 6.35. The van der Waals surface area contributed by atoms with Crippen LogP contribution in [-0.4, -0.2) is 11.0 Å². The van der Waals surface area contributed by atoms with Crippen molar-refractivity contribution in [2.75, 3.05) is 5.32 Å². The number of anilines is 1. The highest BCUT2D eigenvalue weighted by atomic mass is 35.5.